The minimum Gasteiger partial charge on any atom is -0.370 e. The second kappa shape index (κ2) is 37.9. The van der Waals surface area contributed by atoms with E-state index in [9.17, 15) is 52.7 Å². The first-order valence-electron chi connectivity index (χ1n) is 28.0. The number of fused-ring (bicyclic) bond motifs is 1. The molecule has 0 aliphatic rings. The van der Waals surface area contributed by atoms with Crippen molar-refractivity contribution in [2.45, 2.75) is 172 Å². The lowest BCUT2D eigenvalue weighted by Gasteiger charge is -2.27. The molecule has 0 unspecified atom stereocenters. The van der Waals surface area contributed by atoms with E-state index in [1.54, 1.807) is 6.20 Å². The van der Waals surface area contributed by atoms with Gasteiger partial charge in [0.05, 0.1) is 6.04 Å². The number of nitrogens with zero attached hydrogens (tertiary/aromatic N) is 1. The lowest BCUT2D eigenvalue weighted by Crippen LogP contribution is -2.60. The Balaban J connectivity index is 2.16. The van der Waals surface area contributed by atoms with Crippen molar-refractivity contribution in [3.8, 4) is 0 Å². The molecule has 23 N–H and O–H groups in total. The number of H-pyrrole nitrogens is 1. The van der Waals surface area contributed by atoms with Crippen LogP contribution in [0.3, 0.4) is 0 Å². The number of thiol groups is 2. The number of guanidine groups is 1. The molecule has 2 rings (SSSR count). The number of nitrogens with one attached hydrogen (secondary N) is 11. The third kappa shape index (κ3) is 25.7. The van der Waals surface area contributed by atoms with Gasteiger partial charge in [-0.15, -0.1) is 0 Å². The molecule has 0 aliphatic carbocycles. The number of carbonyl (C=O) groups excluding carboxylic acids is 11. The molecule has 2 aromatic rings. The maximum absolute atomic E-state index is 14.3. The van der Waals surface area contributed by atoms with Crippen molar-refractivity contribution < 1.29 is 52.7 Å². The fourth-order valence-corrected chi connectivity index (χ4v) is 8.78. The minimum absolute atomic E-state index is 0.0462. The van der Waals surface area contributed by atoms with Gasteiger partial charge in [0.1, 0.15) is 60.4 Å². The van der Waals surface area contributed by atoms with Crippen LogP contribution in [0.1, 0.15) is 105 Å². The number of hydrogen-bond acceptors (Lipinski definition) is 17. The normalized spacial score (nSPS) is 15.1. The van der Waals surface area contributed by atoms with Crippen LogP contribution in [0.15, 0.2) is 35.5 Å². The molecule has 0 saturated heterocycles. The predicted octanol–water partition coefficient (Wildman–Crippen LogP) is -4.33. The highest BCUT2D eigenvalue weighted by atomic mass is 32.1. The first-order valence-corrected chi connectivity index (χ1v) is 29.2. The van der Waals surface area contributed by atoms with Gasteiger partial charge in [0, 0.05) is 41.6 Å². The predicted molar refractivity (Wildman–Crippen MR) is 324 cm³/mol. The summed E-state index contributed by atoms with van der Waals surface area (Å²) < 4.78 is 0. The second-order valence-corrected chi connectivity index (χ2v) is 21.6. The number of unbranched alkanes of at least 4 members (excludes halogenated alkanes) is 2. The van der Waals surface area contributed by atoms with Crippen LogP contribution >= 0.6 is 25.3 Å². The summed E-state index contributed by atoms with van der Waals surface area (Å²) in [4.78, 5) is 154. The Morgan fingerprint density at radius 3 is 1.42 bits per heavy atom. The molecule has 0 bridgehead atoms. The zero-order valence-corrected chi connectivity index (χ0v) is 50.5. The van der Waals surface area contributed by atoms with Crippen molar-refractivity contribution >= 4 is 107 Å². The molecule has 0 radical (unpaired) electrons. The second-order valence-electron chi connectivity index (χ2n) is 20.9. The number of aliphatic imine (C=N–C) groups is 1. The number of rotatable bonds is 39. The van der Waals surface area contributed by atoms with E-state index < -0.39 is 131 Å². The highest BCUT2D eigenvalue weighted by Gasteiger charge is 2.34. The van der Waals surface area contributed by atoms with Gasteiger partial charge in [0.15, 0.2) is 5.96 Å². The van der Waals surface area contributed by atoms with E-state index >= 15 is 0 Å². The highest BCUT2D eigenvalue weighted by molar-refractivity contribution is 7.80. The lowest BCUT2D eigenvalue weighted by atomic mass is 10.00. The van der Waals surface area contributed by atoms with Crippen LogP contribution in [-0.2, 0) is 59.2 Å². The fraction of sp³-hybridized carbons (Fsp3) is 0.623. The van der Waals surface area contributed by atoms with Crippen LogP contribution in [0.4, 0.5) is 0 Å². The molecule has 1 heterocycles. The molecular formula is C53H90N18O11S2. The Morgan fingerprint density at radius 2 is 0.893 bits per heavy atom. The van der Waals surface area contributed by atoms with Crippen LogP contribution in [0.2, 0.25) is 0 Å². The summed E-state index contributed by atoms with van der Waals surface area (Å²) in [6.07, 6.45) is 4.63. The van der Waals surface area contributed by atoms with Gasteiger partial charge in [0.25, 0.3) is 0 Å². The van der Waals surface area contributed by atoms with E-state index in [2.05, 4.69) is 88.4 Å². The van der Waals surface area contributed by atoms with Crippen LogP contribution < -0.4 is 87.6 Å². The van der Waals surface area contributed by atoms with Crippen molar-refractivity contribution in [1.82, 2.24) is 58.2 Å². The Kier molecular flexibility index (Phi) is 32.9. The summed E-state index contributed by atoms with van der Waals surface area (Å²) in [5.41, 5.74) is 35.0. The van der Waals surface area contributed by atoms with E-state index in [1.165, 1.54) is 27.7 Å². The lowest BCUT2D eigenvalue weighted by molar-refractivity contribution is -0.135. The van der Waals surface area contributed by atoms with E-state index in [1.807, 2.05) is 38.1 Å². The average Bonchev–Trinajstić information content (AvgIpc) is 4.00. The molecule has 470 valence electrons. The Morgan fingerprint density at radius 1 is 0.488 bits per heavy atom. The Bertz CT molecular complexity index is 2570. The number of amides is 11. The first-order chi connectivity index (χ1) is 39.7. The molecule has 31 heteroatoms. The van der Waals surface area contributed by atoms with Gasteiger partial charge in [-0.05, 0) is 110 Å². The zero-order chi connectivity index (χ0) is 63.2. The number of primary amides is 1. The fourth-order valence-electron chi connectivity index (χ4n) is 8.27. The van der Waals surface area contributed by atoms with E-state index in [0.717, 1.165) is 10.9 Å². The SMILES string of the molecule is CC(C)C[C@H](NC(=O)[C@H](CS)NC(=O)[C@H](CCCCN)NC(=O)[C@H](C)NC(=O)[C@H](C)NC(=O)[C@H](CS)NC(=O)[C@H](C)NC(=O)[C@H](C)NC(=O)[C@@H](N)CCCCN)C(=O)N[C@@H](Cc1c[nH]c2ccccc12)C(=O)N[C@@H](CCCN=C(N)N)C(N)=O. The maximum atomic E-state index is 14.3. The molecular weight excluding hydrogens is 1130 g/mol. The summed E-state index contributed by atoms with van der Waals surface area (Å²) in [5.74, 6) is -9.27. The van der Waals surface area contributed by atoms with Crippen LogP contribution in [0.5, 0.6) is 0 Å². The van der Waals surface area contributed by atoms with Gasteiger partial charge in [-0.2, -0.15) is 25.3 Å². The van der Waals surface area contributed by atoms with Crippen molar-refractivity contribution in [1.29, 1.82) is 0 Å². The molecule has 0 aliphatic heterocycles. The topological polar surface area (TPSA) is 492 Å². The molecule has 0 spiro atoms. The van der Waals surface area contributed by atoms with Crippen molar-refractivity contribution in [3.63, 3.8) is 0 Å². The van der Waals surface area contributed by atoms with E-state index in [4.69, 9.17) is 34.4 Å². The highest BCUT2D eigenvalue weighted by Crippen LogP contribution is 2.20. The third-order valence-corrected chi connectivity index (χ3v) is 13.9. The van der Waals surface area contributed by atoms with Crippen LogP contribution in [-0.4, -0.2) is 174 Å². The number of nitrogens with two attached hydrogens (primary N) is 6. The zero-order valence-electron chi connectivity index (χ0n) is 48.7. The van der Waals surface area contributed by atoms with Crippen molar-refractivity contribution in [3.05, 3.63) is 36.0 Å². The minimum atomic E-state index is -1.36. The number of para-hydroxylation sites is 1. The largest absolute Gasteiger partial charge is 0.370 e. The average molecular weight is 1220 g/mol. The molecule has 29 nitrogen and oxygen atoms in total. The third-order valence-electron chi connectivity index (χ3n) is 13.2. The van der Waals surface area contributed by atoms with Gasteiger partial charge >= 0.3 is 0 Å². The standard InChI is InChI=1S/C53H90N18O11S2/c1-27(2)22-38(49(79)69-39(23-32-24-61-35-16-8-7-14-33(32)35)50(80)66-36(42(57)72)18-13-21-60-53(58)59)68-52(82)41(26-84)71-48(78)37(17-10-12-20-55)67-45(75)30(5)62-44(74)29(4)65-51(81)40(25-83)70-46(76)31(6)63-43(73)28(3)64-47(77)34(56)15-9-11-19-54/h7-8,14,16,24,27-31,34,36-41,61,83-84H,9-13,15,17-23,25-26,54-56H2,1-6H3,(H2,57,72)(H,62,74)(H,63,73)(H,64,77)(H,65,81)(H,66,80)(H,67,75)(H,68,82)(H,69,79)(H,70,76)(H,71,78)(H4,58,59,60)/t28-,29-,30-,31-,34-,36-,37-,38-,39-,40-,41-/m0/s1. The molecule has 84 heavy (non-hydrogen) atoms. The smallest absolute Gasteiger partial charge is 0.244 e. The Hall–Kier alpha value is -7.22. The van der Waals surface area contributed by atoms with Crippen molar-refractivity contribution in [2.24, 2.45) is 45.3 Å². The number of aromatic amines is 1. The van der Waals surface area contributed by atoms with Gasteiger partial charge < -0.3 is 92.6 Å². The molecule has 1 aromatic carbocycles. The van der Waals surface area contributed by atoms with Gasteiger partial charge in [-0.25, -0.2) is 0 Å². The summed E-state index contributed by atoms with van der Waals surface area (Å²) in [7, 11) is 0. The number of benzene rings is 1. The summed E-state index contributed by atoms with van der Waals surface area (Å²) in [6.45, 7) is 9.90. The molecule has 11 amide bonds. The number of aromatic nitrogens is 1. The molecule has 11 atom stereocenters. The van der Waals surface area contributed by atoms with Gasteiger partial charge in [-0.3, -0.25) is 57.7 Å². The summed E-state index contributed by atoms with van der Waals surface area (Å²) in [5, 5.41) is 26.4. The van der Waals surface area contributed by atoms with Gasteiger partial charge in [-0.1, -0.05) is 38.5 Å². The van der Waals surface area contributed by atoms with E-state index in [-0.39, 0.29) is 68.6 Å². The van der Waals surface area contributed by atoms with E-state index in [0.29, 0.717) is 44.2 Å². The molecule has 0 fully saturated rings. The Labute approximate surface area is 500 Å². The summed E-state index contributed by atoms with van der Waals surface area (Å²) >= 11 is 8.48. The number of hydrogen-bond donors (Lipinski definition) is 19. The maximum Gasteiger partial charge on any atom is 0.244 e. The number of carbonyl (C=O) groups is 11. The quantitative estimate of drug-likeness (QED) is 0.0130. The van der Waals surface area contributed by atoms with Crippen molar-refractivity contribution in [2.75, 3.05) is 31.1 Å². The van der Waals surface area contributed by atoms with Crippen LogP contribution in [0.25, 0.3) is 10.9 Å². The van der Waals surface area contributed by atoms with Crippen LogP contribution in [0, 0.1) is 5.92 Å². The molecule has 0 saturated carbocycles. The van der Waals surface area contributed by atoms with Gasteiger partial charge in [0.2, 0.25) is 65.0 Å². The monoisotopic (exact) mass is 1220 g/mol. The summed E-state index contributed by atoms with van der Waals surface area (Å²) in [6, 6.07) is -5.97. The first kappa shape index (κ1) is 72.9. The molecule has 1 aromatic heterocycles.